The quantitative estimate of drug-likeness (QED) is 0.557. The first-order valence-corrected chi connectivity index (χ1v) is 7.12. The predicted molar refractivity (Wildman–Crippen MR) is 68.4 cm³/mol. The maximum Gasteiger partial charge on any atom is 0.389 e. The van der Waals surface area contributed by atoms with E-state index in [4.69, 9.17) is 10.6 Å². The molecule has 1 aliphatic rings. The third kappa shape index (κ3) is 6.10. The van der Waals surface area contributed by atoms with Gasteiger partial charge in [0.25, 0.3) is 0 Å². The van der Waals surface area contributed by atoms with E-state index < -0.39 is 18.6 Å². The van der Waals surface area contributed by atoms with Crippen LogP contribution in [-0.2, 0) is 4.74 Å². The number of halogens is 3. The molecule has 0 aromatic heterocycles. The van der Waals surface area contributed by atoms with Crippen molar-refractivity contribution in [2.45, 2.75) is 70.2 Å². The number of rotatable bonds is 7. The van der Waals surface area contributed by atoms with Crippen molar-refractivity contribution < 1.29 is 17.9 Å². The van der Waals surface area contributed by atoms with Gasteiger partial charge in [0.2, 0.25) is 0 Å². The molecule has 3 N–H and O–H groups in total. The van der Waals surface area contributed by atoms with Crippen LogP contribution < -0.4 is 11.3 Å². The molecule has 0 spiro atoms. The second-order valence-electron chi connectivity index (χ2n) is 5.25. The SMILES string of the molecule is CCOC(C1CCCCC1)C(CCC(F)(F)F)NN. The van der Waals surface area contributed by atoms with Gasteiger partial charge in [0.05, 0.1) is 6.10 Å². The zero-order valence-corrected chi connectivity index (χ0v) is 11.5. The van der Waals surface area contributed by atoms with Crippen LogP contribution >= 0.6 is 0 Å². The van der Waals surface area contributed by atoms with Crippen molar-refractivity contribution in [2.24, 2.45) is 11.8 Å². The molecule has 1 rings (SSSR count). The minimum absolute atomic E-state index is 0.0266. The van der Waals surface area contributed by atoms with Gasteiger partial charge in [-0.15, -0.1) is 0 Å². The van der Waals surface area contributed by atoms with Crippen LogP contribution in [0.25, 0.3) is 0 Å². The van der Waals surface area contributed by atoms with Gasteiger partial charge in [-0.3, -0.25) is 11.3 Å². The van der Waals surface area contributed by atoms with Gasteiger partial charge < -0.3 is 4.74 Å². The van der Waals surface area contributed by atoms with Crippen molar-refractivity contribution >= 4 is 0 Å². The molecule has 0 aromatic rings. The van der Waals surface area contributed by atoms with Gasteiger partial charge in [-0.2, -0.15) is 13.2 Å². The van der Waals surface area contributed by atoms with E-state index in [0.29, 0.717) is 12.5 Å². The van der Waals surface area contributed by atoms with Crippen LogP contribution in [0.3, 0.4) is 0 Å². The summed E-state index contributed by atoms with van der Waals surface area (Å²) in [6, 6.07) is -0.426. The molecule has 2 unspecified atom stereocenters. The molecule has 3 nitrogen and oxygen atoms in total. The lowest BCUT2D eigenvalue weighted by molar-refractivity contribution is -0.139. The van der Waals surface area contributed by atoms with Gasteiger partial charge in [-0.25, -0.2) is 0 Å². The molecule has 19 heavy (non-hydrogen) atoms. The normalized spacial score (nSPS) is 21.3. The van der Waals surface area contributed by atoms with Crippen molar-refractivity contribution in [3.8, 4) is 0 Å². The van der Waals surface area contributed by atoms with Gasteiger partial charge in [0, 0.05) is 19.1 Å². The summed E-state index contributed by atoms with van der Waals surface area (Å²) in [4.78, 5) is 0. The summed E-state index contributed by atoms with van der Waals surface area (Å²) in [5.74, 6) is 5.76. The molecule has 2 atom stereocenters. The molecule has 0 saturated heterocycles. The van der Waals surface area contributed by atoms with Gasteiger partial charge in [-0.05, 0) is 32.1 Å². The molecular formula is C13H25F3N2O. The average molecular weight is 282 g/mol. The summed E-state index contributed by atoms with van der Waals surface area (Å²) < 4.78 is 42.7. The number of nitrogens with two attached hydrogens (primary N) is 1. The maximum absolute atomic E-state index is 12.3. The Morgan fingerprint density at radius 3 is 2.37 bits per heavy atom. The lowest BCUT2D eigenvalue weighted by Gasteiger charge is -2.35. The highest BCUT2D eigenvalue weighted by molar-refractivity contribution is 4.84. The lowest BCUT2D eigenvalue weighted by atomic mass is 9.81. The van der Waals surface area contributed by atoms with E-state index in [1.165, 1.54) is 6.42 Å². The van der Waals surface area contributed by atoms with Crippen LogP contribution in [0.5, 0.6) is 0 Å². The molecule has 0 radical (unpaired) electrons. The first-order chi connectivity index (χ1) is 8.98. The fourth-order valence-corrected chi connectivity index (χ4v) is 2.90. The van der Waals surface area contributed by atoms with Crippen molar-refractivity contribution in [1.29, 1.82) is 0 Å². The van der Waals surface area contributed by atoms with E-state index in [0.717, 1.165) is 25.7 Å². The summed E-state index contributed by atoms with van der Waals surface area (Å²) in [5, 5.41) is 0. The fraction of sp³-hybridized carbons (Fsp3) is 1.00. The molecule has 114 valence electrons. The first-order valence-electron chi connectivity index (χ1n) is 7.12. The Balaban J connectivity index is 2.59. The van der Waals surface area contributed by atoms with Crippen LogP contribution in [0.2, 0.25) is 0 Å². The highest BCUT2D eigenvalue weighted by Crippen LogP contribution is 2.32. The number of hydrogen-bond acceptors (Lipinski definition) is 3. The highest BCUT2D eigenvalue weighted by atomic mass is 19.4. The Hall–Kier alpha value is -0.330. The standard InChI is InChI=1S/C13H25F3N2O/c1-2-19-12(10-6-4-3-5-7-10)11(18-17)8-9-13(14,15)16/h10-12,18H,2-9,17H2,1H3. The first kappa shape index (κ1) is 16.7. The highest BCUT2D eigenvalue weighted by Gasteiger charge is 2.34. The Kier molecular flexibility index (Phi) is 7.10. The summed E-state index contributed by atoms with van der Waals surface area (Å²) in [6.07, 6.45) is 0.313. The number of alkyl halides is 3. The molecule has 0 bridgehead atoms. The number of hydrazine groups is 1. The topological polar surface area (TPSA) is 47.3 Å². The zero-order valence-electron chi connectivity index (χ0n) is 11.5. The largest absolute Gasteiger partial charge is 0.389 e. The molecule has 0 amide bonds. The monoisotopic (exact) mass is 282 g/mol. The number of ether oxygens (including phenoxy) is 1. The van der Waals surface area contributed by atoms with E-state index in [1.54, 1.807) is 0 Å². The maximum atomic E-state index is 12.3. The molecule has 0 heterocycles. The third-order valence-electron chi connectivity index (χ3n) is 3.82. The minimum Gasteiger partial charge on any atom is -0.377 e. The Labute approximate surface area is 113 Å². The third-order valence-corrected chi connectivity index (χ3v) is 3.82. The zero-order chi connectivity index (χ0) is 14.3. The van der Waals surface area contributed by atoms with Crippen LogP contribution in [0.15, 0.2) is 0 Å². The van der Waals surface area contributed by atoms with Gasteiger partial charge in [0.1, 0.15) is 0 Å². The van der Waals surface area contributed by atoms with Crippen LogP contribution in [0, 0.1) is 5.92 Å². The summed E-state index contributed by atoms with van der Waals surface area (Å²) >= 11 is 0. The Bertz CT molecular complexity index is 243. The van der Waals surface area contributed by atoms with E-state index in [2.05, 4.69) is 5.43 Å². The van der Waals surface area contributed by atoms with Crippen molar-refractivity contribution in [2.75, 3.05) is 6.61 Å². The molecular weight excluding hydrogens is 257 g/mol. The second-order valence-corrected chi connectivity index (χ2v) is 5.25. The fourth-order valence-electron chi connectivity index (χ4n) is 2.90. The van der Waals surface area contributed by atoms with Crippen molar-refractivity contribution in [3.05, 3.63) is 0 Å². The lowest BCUT2D eigenvalue weighted by Crippen LogP contribution is -2.49. The Morgan fingerprint density at radius 1 is 1.26 bits per heavy atom. The number of hydrogen-bond donors (Lipinski definition) is 2. The molecule has 0 aliphatic heterocycles. The molecule has 1 fully saturated rings. The molecule has 6 heteroatoms. The van der Waals surface area contributed by atoms with E-state index >= 15 is 0 Å². The summed E-state index contributed by atoms with van der Waals surface area (Å²) in [6.45, 7) is 2.37. The van der Waals surface area contributed by atoms with Gasteiger partial charge in [-0.1, -0.05) is 19.3 Å². The van der Waals surface area contributed by atoms with Crippen LogP contribution in [0.4, 0.5) is 13.2 Å². The predicted octanol–water partition coefficient (Wildman–Crippen LogP) is 3.15. The molecule has 1 saturated carbocycles. The van der Waals surface area contributed by atoms with Crippen molar-refractivity contribution in [1.82, 2.24) is 5.43 Å². The van der Waals surface area contributed by atoms with Gasteiger partial charge >= 0.3 is 6.18 Å². The summed E-state index contributed by atoms with van der Waals surface area (Å²) in [7, 11) is 0. The Morgan fingerprint density at radius 2 is 1.89 bits per heavy atom. The minimum atomic E-state index is -4.14. The van der Waals surface area contributed by atoms with E-state index in [9.17, 15) is 13.2 Å². The van der Waals surface area contributed by atoms with E-state index in [-0.39, 0.29) is 12.5 Å². The van der Waals surface area contributed by atoms with E-state index in [1.807, 2.05) is 6.92 Å². The smallest absolute Gasteiger partial charge is 0.377 e. The van der Waals surface area contributed by atoms with Crippen LogP contribution in [-0.4, -0.2) is 24.9 Å². The second kappa shape index (κ2) is 8.07. The van der Waals surface area contributed by atoms with Crippen molar-refractivity contribution in [3.63, 3.8) is 0 Å². The molecule has 1 aliphatic carbocycles. The average Bonchev–Trinajstić information content (AvgIpc) is 2.38. The van der Waals surface area contributed by atoms with Crippen LogP contribution in [0.1, 0.15) is 51.9 Å². The summed E-state index contributed by atoms with van der Waals surface area (Å²) in [5.41, 5.74) is 2.53. The molecule has 0 aromatic carbocycles. The van der Waals surface area contributed by atoms with Gasteiger partial charge in [0.15, 0.2) is 0 Å². The number of nitrogens with one attached hydrogen (secondary N) is 1.